The average molecular weight is 1190 g/mol. The highest BCUT2D eigenvalue weighted by Gasteiger charge is 2.21. The molecular weight excluding hydrogens is 1080 g/mol. The van der Waals surface area contributed by atoms with E-state index in [-0.39, 0.29) is 55.0 Å². The molecule has 0 radical (unpaired) electrons. The Bertz CT molecular complexity index is 2490. The Morgan fingerprint density at radius 1 is 0.605 bits per heavy atom. The smallest absolute Gasteiger partial charge is 0.306 e. The number of para-hydroxylation sites is 1. The summed E-state index contributed by atoms with van der Waals surface area (Å²) in [5.41, 5.74) is 18.8. The van der Waals surface area contributed by atoms with E-state index in [1.807, 2.05) is 37.4 Å². The van der Waals surface area contributed by atoms with Crippen LogP contribution in [0.1, 0.15) is 212 Å². The minimum Gasteiger partial charge on any atom is -0.466 e. The molecule has 0 saturated heterocycles. The third-order valence-corrected chi connectivity index (χ3v) is 14.3. The Hall–Kier alpha value is -7.59. The Labute approximate surface area is 515 Å². The van der Waals surface area contributed by atoms with Crippen LogP contribution in [0, 0.1) is 0 Å². The van der Waals surface area contributed by atoms with Crippen LogP contribution in [0.5, 0.6) is 0 Å². The fraction of sp³-hybridized carbons (Fsp3) is 0.500. The molecule has 1 aliphatic heterocycles. The first kappa shape index (κ1) is 76.4. The zero-order valence-corrected chi connectivity index (χ0v) is 52.8. The molecule has 0 spiro atoms. The molecule has 4 amide bonds. The Morgan fingerprint density at radius 3 is 1.79 bits per heavy atom. The number of benzene rings is 4. The molecule has 16 heteroatoms. The van der Waals surface area contributed by atoms with Crippen LogP contribution in [0.4, 0.5) is 11.4 Å². The Kier molecular flexibility index (Phi) is 45.1. The van der Waals surface area contributed by atoms with Crippen molar-refractivity contribution in [3.63, 3.8) is 0 Å². The Balaban J connectivity index is 0.00000129. The summed E-state index contributed by atoms with van der Waals surface area (Å²) in [6.07, 6.45) is 24.6. The summed E-state index contributed by atoms with van der Waals surface area (Å²) >= 11 is 0. The molecule has 0 aliphatic carbocycles. The monoisotopic (exact) mass is 1190 g/mol. The minimum atomic E-state index is -0.345. The fourth-order valence-corrected chi connectivity index (χ4v) is 9.59. The van der Waals surface area contributed by atoms with Crippen LogP contribution in [0.3, 0.4) is 0 Å². The summed E-state index contributed by atoms with van der Waals surface area (Å²) in [5.74, 6) is -0.816. The van der Waals surface area contributed by atoms with Crippen molar-refractivity contribution in [1.29, 1.82) is 0 Å². The number of ether oxygens (including phenoxy) is 1. The number of esters is 1. The molecule has 4 aromatic rings. The second-order valence-electron chi connectivity index (χ2n) is 21.2. The quantitative estimate of drug-likeness (QED) is 0.00965. The lowest BCUT2D eigenvalue weighted by Crippen LogP contribution is -2.35. The number of primary amides is 1. The summed E-state index contributed by atoms with van der Waals surface area (Å²) in [5, 5.41) is 16.0. The number of rotatable bonds is 37. The van der Waals surface area contributed by atoms with Gasteiger partial charge >= 0.3 is 5.97 Å². The lowest BCUT2D eigenvalue weighted by molar-refractivity contribution is -0.145. The van der Waals surface area contributed by atoms with Crippen molar-refractivity contribution in [3.8, 4) is 0 Å². The van der Waals surface area contributed by atoms with Gasteiger partial charge in [-0.15, -0.1) is 13.2 Å². The van der Waals surface area contributed by atoms with Crippen LogP contribution < -0.4 is 43.0 Å². The van der Waals surface area contributed by atoms with Gasteiger partial charge in [0, 0.05) is 85.1 Å². The van der Waals surface area contributed by atoms with E-state index in [9.17, 15) is 28.8 Å². The first-order valence-corrected chi connectivity index (χ1v) is 31.4. The van der Waals surface area contributed by atoms with Crippen molar-refractivity contribution in [3.05, 3.63) is 144 Å². The van der Waals surface area contributed by atoms with E-state index in [1.165, 1.54) is 57.1 Å². The summed E-state index contributed by atoms with van der Waals surface area (Å²) in [7, 11) is 4.13. The van der Waals surface area contributed by atoms with E-state index < -0.39 is 0 Å². The molecule has 0 bridgehead atoms. The first-order valence-electron chi connectivity index (χ1n) is 31.4. The van der Waals surface area contributed by atoms with Crippen LogP contribution in [0.2, 0.25) is 0 Å². The normalized spacial score (nSPS) is 12.6. The molecule has 0 fully saturated rings. The first-order chi connectivity index (χ1) is 41.9. The second kappa shape index (κ2) is 50.7. The number of carbonyl (C=O) groups excluding carboxylic acids is 7. The number of nitrogens with zero attached hydrogens (tertiary/aromatic N) is 1. The number of aldehydes is 2. The largest absolute Gasteiger partial charge is 0.466 e. The lowest BCUT2D eigenvalue weighted by atomic mass is 9.96. The van der Waals surface area contributed by atoms with E-state index in [4.69, 9.17) is 15.3 Å². The van der Waals surface area contributed by atoms with Gasteiger partial charge in [-0.1, -0.05) is 146 Å². The van der Waals surface area contributed by atoms with E-state index in [0.717, 1.165) is 131 Å². The second-order valence-corrected chi connectivity index (χ2v) is 21.2. The number of nitrogens with one attached hydrogen (secondary N) is 5. The predicted molar refractivity (Wildman–Crippen MR) is 354 cm³/mol. The number of nitrogens with two attached hydrogens (primary N) is 2. The van der Waals surface area contributed by atoms with Crippen LogP contribution in [0.15, 0.2) is 116 Å². The maximum Gasteiger partial charge on any atom is 0.306 e. The molecule has 0 aromatic heterocycles. The Morgan fingerprint density at radius 2 is 1.16 bits per heavy atom. The number of amides is 4. The molecule has 1 heterocycles. The highest BCUT2D eigenvalue weighted by molar-refractivity contribution is 6.04. The zero-order valence-electron chi connectivity index (χ0n) is 52.8. The highest BCUT2D eigenvalue weighted by atomic mass is 16.5. The molecule has 86 heavy (non-hydrogen) atoms. The van der Waals surface area contributed by atoms with Gasteiger partial charge in [-0.25, -0.2) is 0 Å². The standard InChI is InChI=1S/C51H66N6O5.C10H23N.C6H10O2.C2H4.CH3NO/c1-4-19-40(5-2)54-46(58)32-33-47(59)62-35-18-7-6-11-23-41(55-51(61)38-28-30-42(31-29-38)56-50(60)37-20-9-8-10-21-37)24-16-17-34-53-49-44-26-14-15-27-45(44)57(3)36-39-22-12-13-25-43(39)48(49)52;1-3-4-5-6-7-8-9-10-11-2;7-5-3-1-2-4-6-8;1-2;2-1-3/h8-10,12-15,20-22,25-31,40-41,53H,4-7,11,16-19,23-24,32-36,52H2,1-3H3,(H,54,58)(H,55,61)(H,56,60);11H,3-10H2,1-2H3;5-6H,1-4H2;1-2H2;1H,(H2,2,3)/b49-48-;;;;. The van der Waals surface area contributed by atoms with Crippen LogP contribution in [-0.2, 0) is 35.3 Å². The van der Waals surface area contributed by atoms with Gasteiger partial charge in [0.05, 0.1) is 24.4 Å². The lowest BCUT2D eigenvalue weighted by Gasteiger charge is -2.29. The molecule has 9 N–H and O–H groups in total. The molecule has 2 unspecified atom stereocenters. The maximum atomic E-state index is 13.6. The number of fused-ring (bicyclic) bond motifs is 2. The van der Waals surface area contributed by atoms with Crippen molar-refractivity contribution in [1.82, 2.24) is 21.3 Å². The van der Waals surface area contributed by atoms with Crippen LogP contribution >= 0.6 is 0 Å². The number of hydrogen-bond donors (Lipinski definition) is 7. The van der Waals surface area contributed by atoms with E-state index in [0.29, 0.717) is 42.8 Å². The molecule has 0 saturated carbocycles. The van der Waals surface area contributed by atoms with Gasteiger partial charge in [-0.3, -0.25) is 24.0 Å². The van der Waals surface area contributed by atoms with Crippen molar-refractivity contribution < 1.29 is 38.3 Å². The van der Waals surface area contributed by atoms with Crippen molar-refractivity contribution in [2.45, 2.75) is 193 Å². The van der Waals surface area contributed by atoms with Gasteiger partial charge < -0.3 is 57.3 Å². The van der Waals surface area contributed by atoms with Crippen molar-refractivity contribution in [2.24, 2.45) is 11.5 Å². The zero-order chi connectivity index (χ0) is 63.4. The molecule has 1 aliphatic rings. The van der Waals surface area contributed by atoms with Crippen molar-refractivity contribution >= 4 is 65.4 Å². The number of hydrogen-bond acceptors (Lipinski definition) is 12. The van der Waals surface area contributed by atoms with Gasteiger partial charge in [-0.2, -0.15) is 0 Å². The summed E-state index contributed by atoms with van der Waals surface area (Å²) in [6, 6.07) is 32.7. The van der Waals surface area contributed by atoms with Crippen molar-refractivity contribution in [2.75, 3.05) is 44.0 Å². The molecule has 4 aromatic carbocycles. The number of anilines is 2. The molecule has 474 valence electrons. The van der Waals surface area contributed by atoms with Gasteiger partial charge in [0.2, 0.25) is 12.3 Å². The van der Waals surface area contributed by atoms with E-state index in [2.05, 4.69) is 115 Å². The fourth-order valence-electron chi connectivity index (χ4n) is 9.59. The molecule has 5 rings (SSSR count). The van der Waals surface area contributed by atoms with Gasteiger partial charge in [0.25, 0.3) is 11.8 Å². The topological polar surface area (TPSA) is 244 Å². The highest BCUT2D eigenvalue weighted by Crippen LogP contribution is 2.34. The molecule has 16 nitrogen and oxygen atoms in total. The SMILES string of the molecule is C=C.CCCC(CC)NC(=O)CCC(=O)OCCCCCCC(CCCCN/C1=C(\N)c2ccccc2CN(C)c2ccccc21)NC(=O)c1ccc(NC(=O)c2ccccc2)cc1.CCCCCCCCCNC.NC=O.O=CCCCCC=O. The maximum absolute atomic E-state index is 13.6. The minimum absolute atomic E-state index is 0.0412. The van der Waals surface area contributed by atoms with E-state index in [1.54, 1.807) is 36.4 Å². The van der Waals surface area contributed by atoms with E-state index >= 15 is 0 Å². The van der Waals surface area contributed by atoms with Gasteiger partial charge in [0.1, 0.15) is 12.6 Å². The predicted octanol–water partition coefficient (Wildman–Crippen LogP) is 13.0. The summed E-state index contributed by atoms with van der Waals surface area (Å²) in [4.78, 5) is 80.9. The number of carbonyl (C=O) groups is 7. The summed E-state index contributed by atoms with van der Waals surface area (Å²) in [6.45, 7) is 15.4. The van der Waals surface area contributed by atoms with Crippen LogP contribution in [0.25, 0.3) is 11.4 Å². The van der Waals surface area contributed by atoms with Gasteiger partial charge in [0.15, 0.2) is 0 Å². The third kappa shape index (κ3) is 33.8. The molecular formula is C70H106N8O8. The third-order valence-electron chi connectivity index (χ3n) is 14.3. The average Bonchev–Trinajstić information content (AvgIpc) is 1.34. The number of unbranched alkanes of at least 4 members (excludes halogenated alkanes) is 13. The van der Waals surface area contributed by atoms with Crippen LogP contribution in [-0.4, -0.2) is 88.5 Å². The molecule has 2 atom stereocenters. The van der Waals surface area contributed by atoms with Gasteiger partial charge in [-0.05, 0) is 126 Å². The summed E-state index contributed by atoms with van der Waals surface area (Å²) < 4.78 is 5.42.